The van der Waals surface area contributed by atoms with Crippen LogP contribution in [0.15, 0.2) is 30.3 Å². The topological polar surface area (TPSA) is 114 Å². The van der Waals surface area contributed by atoms with Crippen LogP contribution in [-0.4, -0.2) is 69.7 Å². The van der Waals surface area contributed by atoms with Crippen LogP contribution < -0.4 is 9.47 Å². The zero-order chi connectivity index (χ0) is 18.7. The first-order valence-electron chi connectivity index (χ1n) is 8.03. The second kappa shape index (κ2) is 7.44. The average Bonchev–Trinajstić information content (AvgIpc) is 3.08. The lowest BCUT2D eigenvalue weighted by Crippen LogP contribution is -2.45. The van der Waals surface area contributed by atoms with E-state index in [2.05, 4.69) is 5.10 Å². The zero-order valence-electron chi connectivity index (χ0n) is 14.2. The number of carbonyl (C=O) groups is 2. The van der Waals surface area contributed by atoms with E-state index >= 15 is 0 Å². The largest absolute Gasteiger partial charge is 0.497 e. The molecular formula is C17H19N3O6. The number of carboxylic acids is 1. The average molecular weight is 361 g/mol. The number of amides is 1. The van der Waals surface area contributed by atoms with Gasteiger partial charge in [-0.3, -0.25) is 9.48 Å². The minimum absolute atomic E-state index is 0.0105. The van der Waals surface area contributed by atoms with Crippen LogP contribution in [0, 0.1) is 0 Å². The molecule has 9 nitrogen and oxygen atoms in total. The van der Waals surface area contributed by atoms with Crippen LogP contribution in [0.2, 0.25) is 0 Å². The summed E-state index contributed by atoms with van der Waals surface area (Å²) >= 11 is 0. The van der Waals surface area contributed by atoms with Gasteiger partial charge in [0.15, 0.2) is 5.69 Å². The molecule has 0 bridgehead atoms. The van der Waals surface area contributed by atoms with E-state index in [0.29, 0.717) is 24.6 Å². The molecule has 0 spiro atoms. The van der Waals surface area contributed by atoms with Crippen LogP contribution >= 0.6 is 0 Å². The van der Waals surface area contributed by atoms with Crippen molar-refractivity contribution in [1.82, 2.24) is 14.7 Å². The summed E-state index contributed by atoms with van der Waals surface area (Å²) in [5.74, 6) is -0.349. The molecular weight excluding hydrogens is 342 g/mol. The van der Waals surface area contributed by atoms with Gasteiger partial charge in [-0.05, 0) is 12.1 Å². The number of methoxy groups -OCH3 is 1. The van der Waals surface area contributed by atoms with Gasteiger partial charge in [0, 0.05) is 18.7 Å². The van der Waals surface area contributed by atoms with Crippen LogP contribution in [0.5, 0.6) is 11.5 Å². The maximum atomic E-state index is 12.4. The molecule has 2 aromatic rings. The molecule has 0 radical (unpaired) electrons. The van der Waals surface area contributed by atoms with Gasteiger partial charge in [0.2, 0.25) is 0 Å². The van der Waals surface area contributed by atoms with Crippen LogP contribution in [-0.2, 0) is 6.54 Å². The van der Waals surface area contributed by atoms with Gasteiger partial charge in [0.05, 0.1) is 20.2 Å². The minimum atomic E-state index is -1.18. The van der Waals surface area contributed by atoms with E-state index in [0.717, 1.165) is 0 Å². The molecule has 2 heterocycles. The molecule has 1 aromatic carbocycles. The van der Waals surface area contributed by atoms with Gasteiger partial charge in [0.25, 0.3) is 5.91 Å². The summed E-state index contributed by atoms with van der Waals surface area (Å²) in [6, 6.07) is 8.24. The maximum absolute atomic E-state index is 12.4. The van der Waals surface area contributed by atoms with Crippen LogP contribution in [0.1, 0.15) is 21.0 Å². The molecule has 9 heteroatoms. The lowest BCUT2D eigenvalue weighted by atomic mass is 10.2. The van der Waals surface area contributed by atoms with E-state index < -0.39 is 12.1 Å². The minimum Gasteiger partial charge on any atom is -0.497 e. The van der Waals surface area contributed by atoms with Crippen molar-refractivity contribution in [1.29, 1.82) is 0 Å². The third-order valence-corrected chi connectivity index (χ3v) is 4.00. The van der Waals surface area contributed by atoms with E-state index in [9.17, 15) is 14.7 Å². The molecule has 1 unspecified atom stereocenters. The molecule has 1 atom stereocenters. The van der Waals surface area contributed by atoms with E-state index in [1.54, 1.807) is 31.4 Å². The zero-order valence-corrected chi connectivity index (χ0v) is 14.2. The number of rotatable bonds is 7. The van der Waals surface area contributed by atoms with E-state index in [4.69, 9.17) is 14.6 Å². The number of aliphatic hydroxyl groups excluding tert-OH is 1. The van der Waals surface area contributed by atoms with Gasteiger partial charge < -0.3 is 24.6 Å². The summed E-state index contributed by atoms with van der Waals surface area (Å²) in [6.45, 7) is 0.799. The Morgan fingerprint density at radius 1 is 1.31 bits per heavy atom. The summed E-state index contributed by atoms with van der Waals surface area (Å²) in [5.41, 5.74) is 0.0340. The van der Waals surface area contributed by atoms with Crippen molar-refractivity contribution >= 4 is 11.9 Å². The molecule has 138 valence electrons. The van der Waals surface area contributed by atoms with Crippen molar-refractivity contribution in [3.05, 3.63) is 41.7 Å². The fourth-order valence-electron chi connectivity index (χ4n) is 2.71. The quantitative estimate of drug-likeness (QED) is 0.737. The van der Waals surface area contributed by atoms with Crippen molar-refractivity contribution in [2.24, 2.45) is 0 Å². The van der Waals surface area contributed by atoms with Crippen LogP contribution in [0.3, 0.4) is 0 Å². The van der Waals surface area contributed by atoms with Gasteiger partial charge >= 0.3 is 5.97 Å². The van der Waals surface area contributed by atoms with Crippen molar-refractivity contribution in [2.45, 2.75) is 12.6 Å². The number of nitrogens with zero attached hydrogens (tertiary/aromatic N) is 3. The summed E-state index contributed by atoms with van der Waals surface area (Å²) in [6.07, 6.45) is -0.890. The molecule has 1 aliphatic rings. The van der Waals surface area contributed by atoms with E-state index in [1.807, 2.05) is 0 Å². The van der Waals surface area contributed by atoms with E-state index in [1.165, 1.54) is 15.6 Å². The smallest absolute Gasteiger partial charge is 0.356 e. The number of carboxylic acid groups (broad SMARTS) is 1. The molecule has 0 saturated heterocycles. The van der Waals surface area contributed by atoms with Gasteiger partial charge in [-0.15, -0.1) is 0 Å². The summed E-state index contributed by atoms with van der Waals surface area (Å²) < 4.78 is 12.0. The molecule has 3 rings (SSSR count). The van der Waals surface area contributed by atoms with Crippen molar-refractivity contribution < 1.29 is 29.3 Å². The van der Waals surface area contributed by atoms with Crippen LogP contribution in [0.25, 0.3) is 0 Å². The lowest BCUT2D eigenvalue weighted by molar-refractivity contribution is 0.0443. The Morgan fingerprint density at radius 3 is 2.81 bits per heavy atom. The predicted octanol–water partition coefficient (Wildman–Crippen LogP) is 0.486. The molecule has 2 N–H and O–H groups in total. The first kappa shape index (κ1) is 17.7. The normalized spacial score (nSPS) is 14.7. The number of aromatic carboxylic acids is 1. The highest BCUT2D eigenvalue weighted by atomic mass is 16.5. The summed E-state index contributed by atoms with van der Waals surface area (Å²) in [7, 11) is 1.55. The molecule has 0 saturated carbocycles. The Morgan fingerprint density at radius 2 is 2.08 bits per heavy atom. The Bertz CT molecular complexity index is 819. The number of carbonyl (C=O) groups excluding carboxylic acids is 1. The third-order valence-electron chi connectivity index (χ3n) is 4.00. The molecule has 26 heavy (non-hydrogen) atoms. The molecule has 1 aliphatic heterocycles. The van der Waals surface area contributed by atoms with Crippen molar-refractivity contribution in [3.8, 4) is 11.5 Å². The summed E-state index contributed by atoms with van der Waals surface area (Å²) in [5, 5.41) is 23.0. The van der Waals surface area contributed by atoms with Gasteiger partial charge in [-0.2, -0.15) is 5.10 Å². The lowest BCUT2D eigenvalue weighted by Gasteiger charge is -2.29. The van der Waals surface area contributed by atoms with Crippen LogP contribution in [0.4, 0.5) is 0 Å². The number of aliphatic hydroxyl groups is 1. The fraction of sp³-hybridized carbons (Fsp3) is 0.353. The predicted molar refractivity (Wildman–Crippen MR) is 89.6 cm³/mol. The SMILES string of the molecule is COc1cccc(OCC(O)CN2CCn3nc(C(=O)O)cc3C2=O)c1. The maximum Gasteiger partial charge on any atom is 0.356 e. The highest BCUT2D eigenvalue weighted by Crippen LogP contribution is 2.19. The number of fused-ring (bicyclic) bond motifs is 1. The number of hydrogen-bond acceptors (Lipinski definition) is 6. The van der Waals surface area contributed by atoms with E-state index in [-0.39, 0.29) is 30.4 Å². The number of ether oxygens (including phenoxy) is 2. The number of aromatic nitrogens is 2. The Labute approximate surface area is 149 Å². The van der Waals surface area contributed by atoms with Gasteiger partial charge in [-0.25, -0.2) is 4.79 Å². The Kier molecular flexibility index (Phi) is 5.08. The number of benzene rings is 1. The van der Waals surface area contributed by atoms with Crippen molar-refractivity contribution in [3.63, 3.8) is 0 Å². The highest BCUT2D eigenvalue weighted by Gasteiger charge is 2.29. The first-order valence-corrected chi connectivity index (χ1v) is 8.03. The fourth-order valence-corrected chi connectivity index (χ4v) is 2.71. The van der Waals surface area contributed by atoms with Gasteiger partial charge in [-0.1, -0.05) is 6.07 Å². The molecule has 0 aliphatic carbocycles. The number of β-amino-alcohol motifs (C(OH)–C–C–N with tert-alkyl or cyclic N) is 1. The highest BCUT2D eigenvalue weighted by molar-refractivity contribution is 5.96. The summed E-state index contributed by atoms with van der Waals surface area (Å²) in [4.78, 5) is 24.9. The second-order valence-corrected chi connectivity index (χ2v) is 5.84. The Hall–Kier alpha value is -3.07. The molecule has 1 amide bonds. The standard InChI is InChI=1S/C17H19N3O6/c1-25-12-3-2-4-13(7-12)26-10-11(21)9-19-5-6-20-15(16(19)22)8-14(18-20)17(23)24/h2-4,7-8,11,21H,5-6,9-10H2,1H3,(H,23,24). The first-order chi connectivity index (χ1) is 12.5. The second-order valence-electron chi connectivity index (χ2n) is 5.84. The Balaban J connectivity index is 1.58. The van der Waals surface area contributed by atoms with Crippen molar-refractivity contribution in [2.75, 3.05) is 26.8 Å². The monoisotopic (exact) mass is 361 g/mol. The number of hydrogen-bond donors (Lipinski definition) is 2. The third kappa shape index (κ3) is 3.77. The molecule has 0 fully saturated rings. The van der Waals surface area contributed by atoms with Gasteiger partial charge in [0.1, 0.15) is 29.9 Å². The molecule has 1 aromatic heterocycles.